The molecule has 0 saturated carbocycles. The van der Waals surface area contributed by atoms with E-state index in [4.69, 9.17) is 0 Å². The van der Waals surface area contributed by atoms with Gasteiger partial charge in [0.05, 0.1) is 6.21 Å². The standard InChI is InChI=1S/C20H18IN3O/c1-14-11-17(15(2)24(14)19-9-4-3-5-10-19)13-22-23-20(25)16-7-6-8-18(21)12-16/h3-13H,1-2H3,(H,23,25)/b22-13-. The van der Waals surface area contributed by atoms with Gasteiger partial charge >= 0.3 is 0 Å². The zero-order valence-electron chi connectivity index (χ0n) is 14.0. The van der Waals surface area contributed by atoms with Gasteiger partial charge in [0.15, 0.2) is 0 Å². The summed E-state index contributed by atoms with van der Waals surface area (Å²) in [7, 11) is 0. The number of rotatable bonds is 4. The summed E-state index contributed by atoms with van der Waals surface area (Å²) >= 11 is 2.18. The second kappa shape index (κ2) is 7.65. The number of nitrogens with zero attached hydrogens (tertiary/aromatic N) is 2. The molecular weight excluding hydrogens is 425 g/mol. The first kappa shape index (κ1) is 17.4. The van der Waals surface area contributed by atoms with Gasteiger partial charge in [-0.15, -0.1) is 0 Å². The smallest absolute Gasteiger partial charge is 0.271 e. The fourth-order valence-electron chi connectivity index (χ4n) is 2.75. The first-order valence-corrected chi connectivity index (χ1v) is 8.97. The van der Waals surface area contributed by atoms with E-state index in [0.29, 0.717) is 5.56 Å². The lowest BCUT2D eigenvalue weighted by atomic mass is 10.2. The summed E-state index contributed by atoms with van der Waals surface area (Å²) in [6.45, 7) is 4.10. The molecule has 1 amide bonds. The molecule has 1 aromatic heterocycles. The third-order valence-corrected chi connectivity index (χ3v) is 4.61. The van der Waals surface area contributed by atoms with Crippen LogP contribution in [0, 0.1) is 17.4 Å². The predicted octanol–water partition coefficient (Wildman–Crippen LogP) is 4.46. The molecule has 0 aliphatic heterocycles. The first-order valence-electron chi connectivity index (χ1n) is 7.89. The number of para-hydroxylation sites is 1. The van der Waals surface area contributed by atoms with Gasteiger partial charge in [0.1, 0.15) is 0 Å². The number of halogens is 1. The van der Waals surface area contributed by atoms with Crippen LogP contribution in [0.4, 0.5) is 0 Å². The van der Waals surface area contributed by atoms with Crippen molar-refractivity contribution in [2.75, 3.05) is 0 Å². The molecule has 1 heterocycles. The van der Waals surface area contributed by atoms with Crippen LogP contribution >= 0.6 is 22.6 Å². The average Bonchev–Trinajstić information content (AvgIpc) is 2.89. The number of hydrogen-bond acceptors (Lipinski definition) is 2. The van der Waals surface area contributed by atoms with E-state index >= 15 is 0 Å². The summed E-state index contributed by atoms with van der Waals surface area (Å²) in [6, 6.07) is 19.6. The molecule has 3 aromatic rings. The molecule has 0 unspecified atom stereocenters. The number of aryl methyl sites for hydroxylation is 1. The Labute approximate surface area is 160 Å². The number of amides is 1. The molecule has 5 heteroatoms. The van der Waals surface area contributed by atoms with E-state index in [2.05, 4.69) is 62.8 Å². The molecule has 0 radical (unpaired) electrons. The zero-order chi connectivity index (χ0) is 17.8. The van der Waals surface area contributed by atoms with Gasteiger partial charge in [-0.05, 0) is 72.8 Å². The number of hydrazone groups is 1. The van der Waals surface area contributed by atoms with E-state index < -0.39 is 0 Å². The van der Waals surface area contributed by atoms with E-state index in [-0.39, 0.29) is 5.91 Å². The Morgan fingerprint density at radius 1 is 1.08 bits per heavy atom. The van der Waals surface area contributed by atoms with E-state index in [0.717, 1.165) is 26.2 Å². The van der Waals surface area contributed by atoms with Crippen LogP contribution in [-0.4, -0.2) is 16.7 Å². The maximum absolute atomic E-state index is 12.1. The van der Waals surface area contributed by atoms with Crippen LogP contribution in [-0.2, 0) is 0 Å². The quantitative estimate of drug-likeness (QED) is 0.361. The van der Waals surface area contributed by atoms with Gasteiger partial charge in [-0.2, -0.15) is 5.10 Å². The first-order chi connectivity index (χ1) is 12.1. The van der Waals surface area contributed by atoms with Crippen molar-refractivity contribution in [3.63, 3.8) is 0 Å². The minimum atomic E-state index is -0.216. The van der Waals surface area contributed by atoms with Gasteiger partial charge in [0, 0.05) is 31.8 Å². The highest BCUT2D eigenvalue weighted by molar-refractivity contribution is 14.1. The summed E-state index contributed by atoms with van der Waals surface area (Å²) in [4.78, 5) is 12.1. The van der Waals surface area contributed by atoms with Crippen molar-refractivity contribution in [3.8, 4) is 5.69 Å². The maximum atomic E-state index is 12.1. The SMILES string of the molecule is Cc1cc(/C=N\NC(=O)c2cccc(I)c2)c(C)n1-c1ccccc1. The Hall–Kier alpha value is -2.41. The second-order valence-corrected chi connectivity index (χ2v) is 6.95. The summed E-state index contributed by atoms with van der Waals surface area (Å²) in [5, 5.41) is 4.12. The van der Waals surface area contributed by atoms with Gasteiger partial charge < -0.3 is 4.57 Å². The Balaban J connectivity index is 1.77. The van der Waals surface area contributed by atoms with E-state index in [1.807, 2.05) is 43.3 Å². The Bertz CT molecular complexity index is 929. The van der Waals surface area contributed by atoms with E-state index in [1.165, 1.54) is 0 Å². The van der Waals surface area contributed by atoms with Crippen LogP contribution < -0.4 is 5.43 Å². The molecule has 1 N–H and O–H groups in total. The third-order valence-electron chi connectivity index (χ3n) is 3.94. The zero-order valence-corrected chi connectivity index (χ0v) is 16.2. The van der Waals surface area contributed by atoms with Crippen molar-refractivity contribution < 1.29 is 4.79 Å². The molecular formula is C20H18IN3O. The maximum Gasteiger partial charge on any atom is 0.271 e. The van der Waals surface area contributed by atoms with E-state index in [1.54, 1.807) is 12.3 Å². The monoisotopic (exact) mass is 443 g/mol. The molecule has 0 bridgehead atoms. The minimum Gasteiger partial charge on any atom is -0.318 e. The van der Waals surface area contributed by atoms with Crippen LogP contribution in [0.25, 0.3) is 5.69 Å². The van der Waals surface area contributed by atoms with Crippen LogP contribution in [0.3, 0.4) is 0 Å². The van der Waals surface area contributed by atoms with Crippen LogP contribution in [0.15, 0.2) is 65.8 Å². The van der Waals surface area contributed by atoms with Gasteiger partial charge in [0.2, 0.25) is 0 Å². The van der Waals surface area contributed by atoms with Crippen molar-refractivity contribution in [3.05, 3.63) is 86.7 Å². The lowest BCUT2D eigenvalue weighted by molar-refractivity contribution is 0.0955. The molecule has 2 aromatic carbocycles. The molecule has 0 atom stereocenters. The highest BCUT2D eigenvalue weighted by Gasteiger charge is 2.09. The summed E-state index contributed by atoms with van der Waals surface area (Å²) in [5.41, 5.74) is 7.47. The van der Waals surface area contributed by atoms with Crippen molar-refractivity contribution >= 4 is 34.7 Å². The molecule has 0 aliphatic carbocycles. The van der Waals surface area contributed by atoms with Crippen molar-refractivity contribution in [1.82, 2.24) is 9.99 Å². The summed E-state index contributed by atoms with van der Waals surface area (Å²) < 4.78 is 3.18. The van der Waals surface area contributed by atoms with Gasteiger partial charge in [-0.1, -0.05) is 24.3 Å². The van der Waals surface area contributed by atoms with Crippen LogP contribution in [0.2, 0.25) is 0 Å². The number of nitrogens with one attached hydrogen (secondary N) is 1. The fourth-order valence-corrected chi connectivity index (χ4v) is 3.29. The lowest BCUT2D eigenvalue weighted by Gasteiger charge is -2.08. The van der Waals surface area contributed by atoms with E-state index in [9.17, 15) is 4.79 Å². The number of aromatic nitrogens is 1. The van der Waals surface area contributed by atoms with Crippen molar-refractivity contribution in [2.24, 2.45) is 5.10 Å². The number of carbonyl (C=O) groups excluding carboxylic acids is 1. The normalized spacial score (nSPS) is 11.0. The Kier molecular flexibility index (Phi) is 5.33. The molecule has 0 spiro atoms. The fraction of sp³-hybridized carbons (Fsp3) is 0.100. The molecule has 3 rings (SSSR count). The second-order valence-electron chi connectivity index (χ2n) is 5.71. The highest BCUT2D eigenvalue weighted by Crippen LogP contribution is 2.19. The minimum absolute atomic E-state index is 0.216. The molecule has 4 nitrogen and oxygen atoms in total. The summed E-state index contributed by atoms with van der Waals surface area (Å²) in [5.74, 6) is -0.216. The van der Waals surface area contributed by atoms with Gasteiger partial charge in [-0.3, -0.25) is 4.79 Å². The molecule has 0 aliphatic rings. The highest BCUT2D eigenvalue weighted by atomic mass is 127. The largest absolute Gasteiger partial charge is 0.318 e. The molecule has 126 valence electrons. The molecule has 0 saturated heterocycles. The van der Waals surface area contributed by atoms with Crippen LogP contribution in [0.5, 0.6) is 0 Å². The van der Waals surface area contributed by atoms with Gasteiger partial charge in [0.25, 0.3) is 5.91 Å². The predicted molar refractivity (Wildman–Crippen MR) is 109 cm³/mol. The van der Waals surface area contributed by atoms with Crippen LogP contribution in [0.1, 0.15) is 27.3 Å². The van der Waals surface area contributed by atoms with Crippen molar-refractivity contribution in [1.29, 1.82) is 0 Å². The molecule has 0 fully saturated rings. The lowest BCUT2D eigenvalue weighted by Crippen LogP contribution is -2.17. The topological polar surface area (TPSA) is 46.4 Å². The number of benzene rings is 2. The van der Waals surface area contributed by atoms with Crippen molar-refractivity contribution in [2.45, 2.75) is 13.8 Å². The molecule has 25 heavy (non-hydrogen) atoms. The third kappa shape index (κ3) is 3.99. The Morgan fingerprint density at radius 3 is 2.56 bits per heavy atom. The number of carbonyl (C=O) groups is 1. The number of hydrogen-bond donors (Lipinski definition) is 1. The van der Waals surface area contributed by atoms with Gasteiger partial charge in [-0.25, -0.2) is 5.43 Å². The summed E-state index contributed by atoms with van der Waals surface area (Å²) in [6.07, 6.45) is 1.69. The average molecular weight is 443 g/mol. The Morgan fingerprint density at radius 2 is 1.84 bits per heavy atom.